The van der Waals surface area contributed by atoms with Crippen LogP contribution in [0.5, 0.6) is 0 Å². The number of hydrogen-bond acceptors (Lipinski definition) is 4. The number of oxazole rings is 1. The number of hydrogen-bond donors (Lipinski definition) is 1. The summed E-state index contributed by atoms with van der Waals surface area (Å²) in [4.78, 5) is 3.94. The molecular weight excluding hydrogens is 235 g/mol. The van der Waals surface area contributed by atoms with Crippen LogP contribution in [0, 0.1) is 5.92 Å². The Morgan fingerprint density at radius 2 is 2.35 bits per heavy atom. The van der Waals surface area contributed by atoms with E-state index >= 15 is 0 Å². The number of aromatic nitrogens is 1. The Labute approximate surface area is 95.9 Å². The Kier molecular flexibility index (Phi) is 3.35. The summed E-state index contributed by atoms with van der Waals surface area (Å²) < 4.78 is 41.6. The van der Waals surface area contributed by atoms with Crippen molar-refractivity contribution >= 4 is 6.21 Å². The molecule has 0 radical (unpaired) electrons. The van der Waals surface area contributed by atoms with Gasteiger partial charge in [0.05, 0.1) is 5.69 Å². The Bertz CT molecular complexity index is 375. The molecule has 2 unspecified atom stereocenters. The van der Waals surface area contributed by atoms with E-state index in [0.29, 0.717) is 12.2 Å². The van der Waals surface area contributed by atoms with Crippen LogP contribution in [0.2, 0.25) is 0 Å². The van der Waals surface area contributed by atoms with E-state index in [-0.39, 0.29) is 18.3 Å². The highest BCUT2D eigenvalue weighted by Gasteiger charge is 2.33. The molecule has 0 aliphatic carbocycles. The molecule has 0 aromatic carbocycles. The normalized spacial score (nSPS) is 21.5. The van der Waals surface area contributed by atoms with Gasteiger partial charge >= 0.3 is 6.18 Å². The lowest BCUT2D eigenvalue weighted by atomic mass is 9.87. The van der Waals surface area contributed by atoms with Crippen LogP contribution in [0.1, 0.15) is 24.5 Å². The fourth-order valence-corrected chi connectivity index (χ4v) is 1.91. The van der Waals surface area contributed by atoms with Crippen LogP contribution >= 0.6 is 0 Å². The number of alkyl halides is 3. The van der Waals surface area contributed by atoms with E-state index in [1.807, 2.05) is 0 Å². The van der Waals surface area contributed by atoms with Crippen LogP contribution in [0.4, 0.5) is 13.2 Å². The monoisotopic (exact) mass is 247 g/mol. The van der Waals surface area contributed by atoms with Crippen LogP contribution in [-0.4, -0.2) is 23.9 Å². The van der Waals surface area contributed by atoms with Crippen molar-refractivity contribution in [2.45, 2.75) is 24.9 Å². The Morgan fingerprint density at radius 1 is 1.53 bits per heavy atom. The number of nitrogens with one attached hydrogen (secondary N) is 1. The van der Waals surface area contributed by atoms with Gasteiger partial charge in [-0.2, -0.15) is 18.3 Å². The molecular formula is C10H12F3N3O. The van der Waals surface area contributed by atoms with Gasteiger partial charge in [-0.1, -0.05) is 0 Å². The van der Waals surface area contributed by atoms with Crippen molar-refractivity contribution < 1.29 is 17.6 Å². The zero-order valence-corrected chi connectivity index (χ0v) is 8.94. The zero-order valence-electron chi connectivity index (χ0n) is 8.94. The summed E-state index contributed by atoms with van der Waals surface area (Å²) in [5.74, 6) is -0.378. The molecule has 94 valence electrons. The summed E-state index contributed by atoms with van der Waals surface area (Å²) in [5.41, 5.74) is 3.29. The molecule has 2 rings (SSSR count). The molecule has 0 bridgehead atoms. The lowest BCUT2D eigenvalue weighted by Gasteiger charge is -2.19. The fourth-order valence-electron chi connectivity index (χ4n) is 1.91. The van der Waals surface area contributed by atoms with Gasteiger partial charge in [-0.05, 0) is 6.42 Å². The van der Waals surface area contributed by atoms with Crippen molar-refractivity contribution in [1.29, 1.82) is 0 Å². The van der Waals surface area contributed by atoms with Gasteiger partial charge < -0.3 is 9.84 Å². The van der Waals surface area contributed by atoms with E-state index in [1.165, 1.54) is 12.7 Å². The molecule has 0 saturated carbocycles. The first kappa shape index (κ1) is 11.9. The van der Waals surface area contributed by atoms with Crippen LogP contribution in [0.15, 0.2) is 22.2 Å². The summed E-state index contributed by atoms with van der Waals surface area (Å²) in [5, 5.41) is 3.83. The first-order valence-electron chi connectivity index (χ1n) is 5.27. The van der Waals surface area contributed by atoms with Crippen molar-refractivity contribution in [3.63, 3.8) is 0 Å². The van der Waals surface area contributed by atoms with Crippen LogP contribution in [-0.2, 0) is 0 Å². The Morgan fingerprint density at radius 3 is 2.88 bits per heavy atom. The molecule has 7 heteroatoms. The largest absolute Gasteiger partial charge is 0.451 e. The predicted octanol–water partition coefficient (Wildman–Crippen LogP) is 2.31. The molecule has 1 aliphatic rings. The smallest absolute Gasteiger partial charge is 0.389 e. The first-order valence-corrected chi connectivity index (χ1v) is 5.27. The maximum Gasteiger partial charge on any atom is 0.389 e. The van der Waals surface area contributed by atoms with Crippen molar-refractivity contribution in [3.8, 4) is 0 Å². The van der Waals surface area contributed by atoms with Gasteiger partial charge in [0.25, 0.3) is 0 Å². The molecule has 2 atom stereocenters. The lowest BCUT2D eigenvalue weighted by Crippen LogP contribution is -2.21. The molecule has 1 aliphatic heterocycles. The van der Waals surface area contributed by atoms with Gasteiger partial charge in [-0.3, -0.25) is 0 Å². The molecule has 0 spiro atoms. The van der Waals surface area contributed by atoms with Gasteiger partial charge in [0.15, 0.2) is 6.39 Å². The number of rotatable bonds is 4. The maximum atomic E-state index is 12.3. The fraction of sp³-hybridized carbons (Fsp3) is 0.600. The Hall–Kier alpha value is -1.53. The third-order valence-electron chi connectivity index (χ3n) is 2.77. The minimum atomic E-state index is -4.15. The van der Waals surface area contributed by atoms with Crippen molar-refractivity contribution in [3.05, 3.63) is 18.4 Å². The quantitative estimate of drug-likeness (QED) is 0.888. The average Bonchev–Trinajstić information content (AvgIpc) is 2.86. The number of hydrazone groups is 1. The molecule has 1 aromatic heterocycles. The van der Waals surface area contributed by atoms with Gasteiger partial charge in [-0.25, -0.2) is 4.98 Å². The number of nitrogens with zero attached hydrogens (tertiary/aromatic N) is 2. The lowest BCUT2D eigenvalue weighted by molar-refractivity contribution is -0.136. The second-order valence-corrected chi connectivity index (χ2v) is 3.98. The van der Waals surface area contributed by atoms with Crippen molar-refractivity contribution in [2.24, 2.45) is 11.0 Å². The highest BCUT2D eigenvalue weighted by atomic mass is 19.4. The highest BCUT2D eigenvalue weighted by Crippen LogP contribution is 2.33. The van der Waals surface area contributed by atoms with E-state index in [2.05, 4.69) is 15.5 Å². The minimum absolute atomic E-state index is 0.00556. The highest BCUT2D eigenvalue weighted by molar-refractivity contribution is 5.64. The predicted molar refractivity (Wildman–Crippen MR) is 54.5 cm³/mol. The van der Waals surface area contributed by atoms with E-state index in [9.17, 15) is 13.2 Å². The molecule has 0 fully saturated rings. The van der Waals surface area contributed by atoms with E-state index in [0.717, 1.165) is 0 Å². The Balaban J connectivity index is 2.05. The van der Waals surface area contributed by atoms with E-state index < -0.39 is 12.6 Å². The van der Waals surface area contributed by atoms with Crippen molar-refractivity contribution in [2.75, 3.05) is 6.54 Å². The average molecular weight is 247 g/mol. The summed E-state index contributed by atoms with van der Waals surface area (Å²) in [7, 11) is 0. The van der Waals surface area contributed by atoms with Gasteiger partial charge in [0, 0.05) is 31.0 Å². The number of halogens is 3. The molecule has 1 N–H and O–H groups in total. The van der Waals surface area contributed by atoms with Crippen molar-refractivity contribution in [1.82, 2.24) is 10.4 Å². The summed E-state index contributed by atoms with van der Waals surface area (Å²) in [6.07, 6.45) is -0.715. The molecule has 17 heavy (non-hydrogen) atoms. The molecule has 1 aromatic rings. The van der Waals surface area contributed by atoms with E-state index in [1.54, 1.807) is 6.21 Å². The summed E-state index contributed by atoms with van der Waals surface area (Å²) >= 11 is 0. The first-order chi connectivity index (χ1) is 8.06. The maximum absolute atomic E-state index is 12.3. The molecule has 2 heterocycles. The summed E-state index contributed by atoms with van der Waals surface area (Å²) in [6, 6.07) is 0. The van der Waals surface area contributed by atoms with E-state index in [4.69, 9.17) is 4.42 Å². The standard InChI is InChI=1S/C10H12F3N3O/c11-10(12,13)2-1-8(7-3-15-16-4-7)9-5-17-6-14-9/h3,5-8,16H,1-2,4H2. The van der Waals surface area contributed by atoms with Gasteiger partial charge in [-0.15, -0.1) is 0 Å². The minimum Gasteiger partial charge on any atom is -0.451 e. The van der Waals surface area contributed by atoms with Crippen LogP contribution in [0.25, 0.3) is 0 Å². The van der Waals surface area contributed by atoms with Gasteiger partial charge in [0.2, 0.25) is 0 Å². The SMILES string of the molecule is FC(F)(F)CCC(c1cocn1)C1C=NNC1. The van der Waals surface area contributed by atoms with Crippen LogP contribution in [0.3, 0.4) is 0 Å². The molecule has 0 amide bonds. The zero-order chi connectivity index (χ0) is 12.3. The topological polar surface area (TPSA) is 50.4 Å². The summed E-state index contributed by atoms with van der Waals surface area (Å²) in [6.45, 7) is 0.537. The molecule has 0 saturated heterocycles. The molecule has 4 nitrogen and oxygen atoms in total. The van der Waals surface area contributed by atoms with Gasteiger partial charge in [0.1, 0.15) is 6.26 Å². The second-order valence-electron chi connectivity index (χ2n) is 3.98. The van der Waals surface area contributed by atoms with Crippen LogP contribution < -0.4 is 5.43 Å². The third-order valence-corrected chi connectivity index (χ3v) is 2.77. The third kappa shape index (κ3) is 3.21. The second kappa shape index (κ2) is 4.77.